The van der Waals surface area contributed by atoms with Gasteiger partial charge in [0.05, 0.1) is 6.10 Å². The van der Waals surface area contributed by atoms with Crippen LogP contribution in [0.1, 0.15) is 39.5 Å². The molecule has 0 amide bonds. The molecule has 0 radical (unpaired) electrons. The van der Waals surface area contributed by atoms with Crippen molar-refractivity contribution in [3.05, 3.63) is 0 Å². The Hall–Kier alpha value is -0.0800. The van der Waals surface area contributed by atoms with Gasteiger partial charge in [-0.05, 0) is 39.7 Å². The largest absolute Gasteiger partial charge is 0.378 e. The SMILES string of the molecule is CNC(C)CC(C)OCCC1CC1. The first-order chi connectivity index (χ1) is 6.22. The van der Waals surface area contributed by atoms with Gasteiger partial charge in [0, 0.05) is 12.6 Å². The van der Waals surface area contributed by atoms with Crippen molar-refractivity contribution in [2.45, 2.75) is 51.7 Å². The van der Waals surface area contributed by atoms with Gasteiger partial charge in [0.1, 0.15) is 0 Å². The van der Waals surface area contributed by atoms with Crippen LogP contribution in [0.4, 0.5) is 0 Å². The zero-order valence-corrected chi connectivity index (χ0v) is 9.18. The maximum Gasteiger partial charge on any atom is 0.0561 e. The molecule has 0 aromatic carbocycles. The van der Waals surface area contributed by atoms with Crippen molar-refractivity contribution < 1.29 is 4.74 Å². The van der Waals surface area contributed by atoms with Gasteiger partial charge < -0.3 is 10.1 Å². The summed E-state index contributed by atoms with van der Waals surface area (Å²) in [4.78, 5) is 0. The van der Waals surface area contributed by atoms with Gasteiger partial charge in [-0.3, -0.25) is 0 Å². The average Bonchev–Trinajstić information content (AvgIpc) is 2.88. The number of hydrogen-bond acceptors (Lipinski definition) is 2. The van der Waals surface area contributed by atoms with Gasteiger partial charge in [0.2, 0.25) is 0 Å². The predicted octanol–water partition coefficient (Wildman–Crippen LogP) is 2.19. The lowest BCUT2D eigenvalue weighted by Crippen LogP contribution is -2.26. The normalized spacial score (nSPS) is 21.5. The molecule has 1 rings (SSSR count). The van der Waals surface area contributed by atoms with Crippen LogP contribution in [-0.4, -0.2) is 25.8 Å². The van der Waals surface area contributed by atoms with Crippen LogP contribution in [-0.2, 0) is 4.74 Å². The Labute approximate surface area is 82.0 Å². The van der Waals surface area contributed by atoms with Crippen molar-refractivity contribution >= 4 is 0 Å². The van der Waals surface area contributed by atoms with Crippen LogP contribution < -0.4 is 5.32 Å². The Kier molecular flexibility index (Phi) is 4.74. The first kappa shape index (κ1) is 11.0. The number of hydrogen-bond donors (Lipinski definition) is 1. The molecule has 1 aliphatic rings. The third-order valence-electron chi connectivity index (χ3n) is 2.80. The summed E-state index contributed by atoms with van der Waals surface area (Å²) in [5.41, 5.74) is 0. The molecule has 0 aliphatic heterocycles. The van der Waals surface area contributed by atoms with E-state index in [9.17, 15) is 0 Å². The van der Waals surface area contributed by atoms with Gasteiger partial charge in [-0.25, -0.2) is 0 Å². The Morgan fingerprint density at radius 1 is 1.38 bits per heavy atom. The summed E-state index contributed by atoms with van der Waals surface area (Å²) in [7, 11) is 2.00. The van der Waals surface area contributed by atoms with Crippen molar-refractivity contribution in [2.24, 2.45) is 5.92 Å². The first-order valence-corrected chi connectivity index (χ1v) is 5.51. The summed E-state index contributed by atoms with van der Waals surface area (Å²) < 4.78 is 5.73. The van der Waals surface area contributed by atoms with Gasteiger partial charge in [-0.1, -0.05) is 12.8 Å². The molecular formula is C11H23NO. The Bertz CT molecular complexity index is 134. The third-order valence-corrected chi connectivity index (χ3v) is 2.80. The molecule has 1 saturated carbocycles. The highest BCUT2D eigenvalue weighted by molar-refractivity contribution is 4.72. The van der Waals surface area contributed by atoms with Gasteiger partial charge in [0.15, 0.2) is 0 Å². The fourth-order valence-corrected chi connectivity index (χ4v) is 1.53. The molecule has 1 fully saturated rings. The molecule has 0 spiro atoms. The molecule has 2 heteroatoms. The van der Waals surface area contributed by atoms with E-state index in [-0.39, 0.29) is 0 Å². The molecule has 2 atom stereocenters. The van der Waals surface area contributed by atoms with E-state index in [1.807, 2.05) is 7.05 Å². The van der Waals surface area contributed by atoms with Crippen molar-refractivity contribution in [3.63, 3.8) is 0 Å². The summed E-state index contributed by atoms with van der Waals surface area (Å²) in [5, 5.41) is 3.23. The molecule has 0 aromatic heterocycles. The second-order valence-corrected chi connectivity index (χ2v) is 4.34. The molecule has 1 N–H and O–H groups in total. The molecule has 0 aromatic rings. The topological polar surface area (TPSA) is 21.3 Å². The van der Waals surface area contributed by atoms with Crippen LogP contribution in [0, 0.1) is 5.92 Å². The third kappa shape index (κ3) is 5.27. The number of ether oxygens (including phenoxy) is 1. The standard InChI is InChI=1S/C11H23NO/c1-9(12-3)8-10(2)13-7-6-11-4-5-11/h9-12H,4-8H2,1-3H3. The van der Waals surface area contributed by atoms with Crippen molar-refractivity contribution in [3.8, 4) is 0 Å². The highest BCUT2D eigenvalue weighted by Gasteiger charge is 2.20. The zero-order valence-electron chi connectivity index (χ0n) is 9.18. The van der Waals surface area contributed by atoms with E-state index in [4.69, 9.17) is 4.74 Å². The molecule has 1 aliphatic carbocycles. The van der Waals surface area contributed by atoms with Crippen LogP contribution in [0.5, 0.6) is 0 Å². The van der Waals surface area contributed by atoms with Crippen molar-refractivity contribution in [1.82, 2.24) is 5.32 Å². The molecule has 78 valence electrons. The van der Waals surface area contributed by atoms with Gasteiger partial charge in [-0.2, -0.15) is 0 Å². The maximum absolute atomic E-state index is 5.73. The molecule has 0 saturated heterocycles. The molecule has 0 heterocycles. The van der Waals surface area contributed by atoms with Crippen LogP contribution in [0.15, 0.2) is 0 Å². The lowest BCUT2D eigenvalue weighted by atomic mass is 10.1. The zero-order chi connectivity index (χ0) is 9.68. The van der Waals surface area contributed by atoms with Crippen LogP contribution in [0.25, 0.3) is 0 Å². The molecule has 2 nitrogen and oxygen atoms in total. The quantitative estimate of drug-likeness (QED) is 0.656. The first-order valence-electron chi connectivity index (χ1n) is 5.51. The van der Waals surface area contributed by atoms with Crippen molar-refractivity contribution in [1.29, 1.82) is 0 Å². The maximum atomic E-state index is 5.73. The van der Waals surface area contributed by atoms with Gasteiger partial charge >= 0.3 is 0 Å². The van der Waals surface area contributed by atoms with E-state index < -0.39 is 0 Å². The summed E-state index contributed by atoms with van der Waals surface area (Å²) in [5.74, 6) is 0.994. The predicted molar refractivity (Wildman–Crippen MR) is 55.9 cm³/mol. The smallest absolute Gasteiger partial charge is 0.0561 e. The number of rotatable bonds is 7. The Morgan fingerprint density at radius 2 is 2.08 bits per heavy atom. The Balaban J connectivity index is 1.92. The van der Waals surface area contributed by atoms with E-state index >= 15 is 0 Å². The second-order valence-electron chi connectivity index (χ2n) is 4.34. The second kappa shape index (κ2) is 5.61. The van der Waals surface area contributed by atoms with Crippen LogP contribution in [0.2, 0.25) is 0 Å². The van der Waals surface area contributed by atoms with E-state index in [0.29, 0.717) is 12.1 Å². The van der Waals surface area contributed by atoms with Gasteiger partial charge in [0.25, 0.3) is 0 Å². The highest BCUT2D eigenvalue weighted by atomic mass is 16.5. The van der Waals surface area contributed by atoms with E-state index in [0.717, 1.165) is 18.9 Å². The summed E-state index contributed by atoms with van der Waals surface area (Å²) >= 11 is 0. The summed E-state index contributed by atoms with van der Waals surface area (Å²) in [6, 6.07) is 0.566. The number of nitrogens with one attached hydrogen (secondary N) is 1. The molecule has 0 bridgehead atoms. The fourth-order valence-electron chi connectivity index (χ4n) is 1.53. The van der Waals surface area contributed by atoms with Gasteiger partial charge in [-0.15, -0.1) is 0 Å². The van der Waals surface area contributed by atoms with Crippen LogP contribution in [0.3, 0.4) is 0 Å². The minimum atomic E-state index is 0.404. The van der Waals surface area contributed by atoms with Crippen molar-refractivity contribution in [2.75, 3.05) is 13.7 Å². The molecule has 13 heavy (non-hydrogen) atoms. The fraction of sp³-hybridized carbons (Fsp3) is 1.00. The van der Waals surface area contributed by atoms with E-state index in [1.54, 1.807) is 0 Å². The molecule has 2 unspecified atom stereocenters. The average molecular weight is 185 g/mol. The van der Waals surface area contributed by atoms with E-state index in [1.165, 1.54) is 19.3 Å². The monoisotopic (exact) mass is 185 g/mol. The summed E-state index contributed by atoms with van der Waals surface area (Å²) in [6.07, 6.45) is 5.66. The minimum absolute atomic E-state index is 0.404. The van der Waals surface area contributed by atoms with Crippen LogP contribution >= 0.6 is 0 Å². The Morgan fingerprint density at radius 3 is 2.62 bits per heavy atom. The lowest BCUT2D eigenvalue weighted by molar-refractivity contribution is 0.0509. The summed E-state index contributed by atoms with van der Waals surface area (Å²) in [6.45, 7) is 5.32. The minimum Gasteiger partial charge on any atom is -0.378 e. The highest BCUT2D eigenvalue weighted by Crippen LogP contribution is 2.32. The lowest BCUT2D eigenvalue weighted by Gasteiger charge is -2.17. The van der Waals surface area contributed by atoms with E-state index in [2.05, 4.69) is 19.2 Å². The molecular weight excluding hydrogens is 162 g/mol.